The van der Waals surface area contributed by atoms with Crippen LogP contribution in [-0.4, -0.2) is 36.7 Å². The van der Waals surface area contributed by atoms with Gasteiger partial charge in [-0.3, -0.25) is 4.79 Å². The predicted molar refractivity (Wildman–Crippen MR) is 86.5 cm³/mol. The minimum Gasteiger partial charge on any atom is -0.497 e. The van der Waals surface area contributed by atoms with Crippen molar-refractivity contribution in [1.82, 2.24) is 4.90 Å². The van der Waals surface area contributed by atoms with E-state index in [9.17, 15) is 18.0 Å². The molecule has 3 nitrogen and oxygen atoms in total. The van der Waals surface area contributed by atoms with Gasteiger partial charge < -0.3 is 9.64 Å². The molecule has 0 spiro atoms. The highest BCUT2D eigenvalue weighted by Gasteiger charge is 2.57. The van der Waals surface area contributed by atoms with Gasteiger partial charge in [0.05, 0.1) is 7.11 Å². The van der Waals surface area contributed by atoms with Crippen LogP contribution in [0.15, 0.2) is 18.2 Å². The topological polar surface area (TPSA) is 29.5 Å². The van der Waals surface area contributed by atoms with Crippen molar-refractivity contribution in [3.63, 3.8) is 0 Å². The monoisotopic (exact) mass is 353 g/mol. The van der Waals surface area contributed by atoms with Gasteiger partial charge in [-0.25, -0.2) is 0 Å². The third-order valence-electron chi connectivity index (χ3n) is 6.55. The molecule has 3 atom stereocenters. The number of rotatable bonds is 1. The molecule has 0 aromatic heterocycles. The van der Waals surface area contributed by atoms with Gasteiger partial charge in [0.25, 0.3) is 0 Å². The summed E-state index contributed by atoms with van der Waals surface area (Å²) >= 11 is 0. The zero-order chi connectivity index (χ0) is 17.8. The van der Waals surface area contributed by atoms with Gasteiger partial charge in [-0.2, -0.15) is 13.2 Å². The Morgan fingerprint density at radius 2 is 2.08 bits per heavy atom. The van der Waals surface area contributed by atoms with Crippen molar-refractivity contribution >= 4 is 5.91 Å². The molecule has 1 amide bonds. The fraction of sp³-hybridized carbons (Fsp3) is 0.632. The first-order chi connectivity index (χ1) is 11.9. The number of carbonyl (C=O) groups excluding carboxylic acids is 1. The fourth-order valence-electron chi connectivity index (χ4n) is 5.53. The van der Waals surface area contributed by atoms with Crippen LogP contribution >= 0.6 is 0 Å². The number of fused-ring (bicyclic) bond motifs is 1. The second-order valence-corrected chi connectivity index (χ2v) is 7.55. The van der Waals surface area contributed by atoms with Crippen molar-refractivity contribution in [1.29, 1.82) is 0 Å². The third-order valence-corrected chi connectivity index (χ3v) is 6.55. The van der Waals surface area contributed by atoms with Crippen LogP contribution < -0.4 is 4.74 Å². The molecular formula is C19H22F3NO2. The molecule has 4 rings (SSSR count). The van der Waals surface area contributed by atoms with Crippen molar-refractivity contribution < 1.29 is 22.7 Å². The van der Waals surface area contributed by atoms with Crippen molar-refractivity contribution in [3.05, 3.63) is 29.3 Å². The van der Waals surface area contributed by atoms with Gasteiger partial charge in [0, 0.05) is 18.0 Å². The molecule has 2 bridgehead atoms. The van der Waals surface area contributed by atoms with Crippen LogP contribution in [0.4, 0.5) is 13.2 Å². The Kier molecular flexibility index (Phi) is 3.78. The summed E-state index contributed by atoms with van der Waals surface area (Å²) < 4.78 is 44.6. The minimum absolute atomic E-state index is 0.104. The van der Waals surface area contributed by atoms with E-state index in [1.54, 1.807) is 7.11 Å². The number of hydrogen-bond donors (Lipinski definition) is 0. The van der Waals surface area contributed by atoms with E-state index in [0.717, 1.165) is 41.9 Å². The molecule has 1 saturated carbocycles. The summed E-state index contributed by atoms with van der Waals surface area (Å²) in [6, 6.07) is 5.56. The van der Waals surface area contributed by atoms with E-state index < -0.39 is 12.1 Å². The van der Waals surface area contributed by atoms with E-state index in [0.29, 0.717) is 12.8 Å². The van der Waals surface area contributed by atoms with Crippen molar-refractivity contribution in [2.24, 2.45) is 5.92 Å². The number of likely N-dealkylation sites (tertiary alicyclic amines) is 1. The quantitative estimate of drug-likeness (QED) is 0.768. The summed E-state index contributed by atoms with van der Waals surface area (Å²) in [7, 11) is 1.63. The highest BCUT2D eigenvalue weighted by atomic mass is 19.4. The van der Waals surface area contributed by atoms with E-state index in [4.69, 9.17) is 4.74 Å². The first kappa shape index (κ1) is 16.7. The van der Waals surface area contributed by atoms with E-state index >= 15 is 0 Å². The average Bonchev–Trinajstić information content (AvgIpc) is 2.60. The Hall–Kier alpha value is -1.72. The number of alkyl halides is 3. The van der Waals surface area contributed by atoms with Crippen LogP contribution in [0.2, 0.25) is 0 Å². The number of piperidine rings is 1. The number of halogens is 3. The molecule has 3 aliphatic rings. The standard InChI is InChI=1S/C19H22F3NO2/c1-25-13-6-5-12-10-16-14-4-2-3-7-18(14,15(12)11-13)8-9-23(16)17(24)19(20,21)22/h5-6,11,14,16H,2-4,7-10H2,1H3/t14-,16-,18-/m1/s1. The normalized spacial score (nSPS) is 31.1. The maximum Gasteiger partial charge on any atom is 0.471 e. The first-order valence-electron chi connectivity index (χ1n) is 8.92. The largest absolute Gasteiger partial charge is 0.497 e. The van der Waals surface area contributed by atoms with Crippen LogP contribution in [0.1, 0.15) is 43.2 Å². The number of hydrogen-bond acceptors (Lipinski definition) is 2. The number of nitrogens with zero attached hydrogens (tertiary/aromatic N) is 1. The molecule has 1 saturated heterocycles. The molecule has 2 fully saturated rings. The lowest BCUT2D eigenvalue weighted by Crippen LogP contribution is -2.63. The minimum atomic E-state index is -4.80. The number of benzene rings is 1. The molecule has 0 unspecified atom stereocenters. The molecule has 1 heterocycles. The van der Waals surface area contributed by atoms with Gasteiger partial charge in [0.15, 0.2) is 0 Å². The van der Waals surface area contributed by atoms with Crippen LogP contribution in [0.3, 0.4) is 0 Å². The number of ether oxygens (including phenoxy) is 1. The molecule has 1 aromatic rings. The Morgan fingerprint density at radius 1 is 1.28 bits per heavy atom. The van der Waals surface area contributed by atoms with Gasteiger partial charge in [0.2, 0.25) is 0 Å². The van der Waals surface area contributed by atoms with Crippen LogP contribution in [0.5, 0.6) is 5.75 Å². The van der Waals surface area contributed by atoms with Crippen molar-refractivity contribution in [2.75, 3.05) is 13.7 Å². The second-order valence-electron chi connectivity index (χ2n) is 7.55. The Labute approximate surface area is 145 Å². The van der Waals surface area contributed by atoms with Gasteiger partial charge in [0.1, 0.15) is 5.75 Å². The molecular weight excluding hydrogens is 331 g/mol. The predicted octanol–water partition coefficient (Wildman–Crippen LogP) is 3.84. The zero-order valence-corrected chi connectivity index (χ0v) is 14.2. The van der Waals surface area contributed by atoms with Gasteiger partial charge in [-0.05, 0) is 54.9 Å². The highest BCUT2D eigenvalue weighted by molar-refractivity contribution is 5.82. The smallest absolute Gasteiger partial charge is 0.471 e. The lowest BCUT2D eigenvalue weighted by molar-refractivity contribution is -0.193. The summed E-state index contributed by atoms with van der Waals surface area (Å²) in [6.45, 7) is 0.191. The molecule has 136 valence electrons. The Morgan fingerprint density at radius 3 is 2.80 bits per heavy atom. The fourth-order valence-corrected chi connectivity index (χ4v) is 5.53. The number of carbonyl (C=O) groups is 1. The number of amides is 1. The molecule has 6 heteroatoms. The van der Waals surface area contributed by atoms with Crippen LogP contribution in [0.25, 0.3) is 0 Å². The average molecular weight is 353 g/mol. The van der Waals surface area contributed by atoms with E-state index in [1.165, 1.54) is 5.56 Å². The molecule has 2 aliphatic carbocycles. The van der Waals surface area contributed by atoms with E-state index in [-0.39, 0.29) is 23.9 Å². The summed E-state index contributed by atoms with van der Waals surface area (Å²) in [5.41, 5.74) is 2.21. The van der Waals surface area contributed by atoms with Crippen molar-refractivity contribution in [2.45, 2.75) is 56.2 Å². The summed E-state index contributed by atoms with van der Waals surface area (Å²) in [5, 5.41) is 0. The maximum atomic E-state index is 13.1. The van der Waals surface area contributed by atoms with Crippen LogP contribution in [-0.2, 0) is 16.6 Å². The third kappa shape index (κ3) is 2.44. The van der Waals surface area contributed by atoms with Gasteiger partial charge in [-0.15, -0.1) is 0 Å². The molecule has 0 N–H and O–H groups in total. The second kappa shape index (κ2) is 5.64. The Balaban J connectivity index is 1.79. The SMILES string of the molecule is COc1ccc2c(c1)[C@@]13CCCC[C@@H]1[C@@H](C2)N(C(=O)C(F)(F)F)CC3. The summed E-state index contributed by atoms with van der Waals surface area (Å²) in [6.07, 6.45) is 0.313. The van der Waals surface area contributed by atoms with E-state index in [1.807, 2.05) is 12.1 Å². The zero-order valence-electron chi connectivity index (χ0n) is 14.2. The lowest BCUT2D eigenvalue weighted by Gasteiger charge is -2.59. The Bertz CT molecular complexity index is 702. The molecule has 1 aliphatic heterocycles. The van der Waals surface area contributed by atoms with Gasteiger partial charge >= 0.3 is 12.1 Å². The van der Waals surface area contributed by atoms with Crippen LogP contribution in [0, 0.1) is 5.92 Å². The number of methoxy groups -OCH3 is 1. The molecule has 25 heavy (non-hydrogen) atoms. The first-order valence-corrected chi connectivity index (χ1v) is 8.92. The lowest BCUT2D eigenvalue weighted by atomic mass is 9.52. The van der Waals surface area contributed by atoms with Crippen molar-refractivity contribution in [3.8, 4) is 5.75 Å². The summed E-state index contributed by atoms with van der Waals surface area (Å²) in [4.78, 5) is 13.1. The maximum absolute atomic E-state index is 13.1. The molecule has 1 aromatic carbocycles. The van der Waals surface area contributed by atoms with E-state index in [2.05, 4.69) is 6.07 Å². The van der Waals surface area contributed by atoms with Gasteiger partial charge in [-0.1, -0.05) is 18.9 Å². The summed E-state index contributed by atoms with van der Waals surface area (Å²) in [5.74, 6) is -0.765. The highest BCUT2D eigenvalue weighted by Crippen LogP contribution is 2.56. The molecule has 0 radical (unpaired) electrons.